The van der Waals surface area contributed by atoms with E-state index in [1.807, 2.05) is 12.2 Å². The highest BCUT2D eigenvalue weighted by molar-refractivity contribution is 5.71. The molecule has 0 amide bonds. The number of allylic oxidation sites excluding steroid dienone is 22. The molecule has 0 spiro atoms. The SMILES string of the molecule is CC/C=C\C/C=C\C/C=C\C/C=C\C/C=C\C/C=C\CCC(=O)OCC(COC(=O)CCCCCC/C=C\CCCC)OC(=O)CCCCC/C=C\C/C=C\C/C=C\C/C=C\CC. The van der Waals surface area contributed by atoms with E-state index in [1.165, 1.54) is 12.8 Å². The number of rotatable bonds is 42. The summed E-state index contributed by atoms with van der Waals surface area (Å²) in [5, 5.41) is 0. The van der Waals surface area contributed by atoms with Crippen molar-refractivity contribution < 1.29 is 28.6 Å². The molecule has 0 radical (unpaired) electrons. The number of carbonyl (C=O) groups excluding carboxylic acids is 3. The molecule has 0 saturated carbocycles. The Balaban J connectivity index is 4.57. The van der Waals surface area contributed by atoms with Crippen molar-refractivity contribution in [3.05, 3.63) is 134 Å². The van der Waals surface area contributed by atoms with Crippen LogP contribution in [0.3, 0.4) is 0 Å². The minimum absolute atomic E-state index is 0.126. The Kier molecular flexibility index (Phi) is 46.7. The highest BCUT2D eigenvalue weighted by atomic mass is 16.6. The number of carbonyl (C=O) groups is 3. The largest absolute Gasteiger partial charge is 0.462 e. The molecule has 1 unspecified atom stereocenters. The van der Waals surface area contributed by atoms with Crippen molar-refractivity contribution in [2.24, 2.45) is 0 Å². The highest BCUT2D eigenvalue weighted by Gasteiger charge is 2.19. The van der Waals surface area contributed by atoms with Gasteiger partial charge in [0.1, 0.15) is 13.2 Å². The molecule has 352 valence electrons. The molecule has 1 atom stereocenters. The standard InChI is InChI=1S/C57H88O6/c1-4-7-10-13-16-19-22-24-26-28-29-30-32-33-35-38-41-44-47-50-56(59)62-53-54(52-61-55(58)49-46-43-40-37-21-18-15-12-9-6-3)63-57(60)51-48-45-42-39-36-34-31-27-25-23-20-17-14-11-8-5-2/h7-8,10-11,15-20,24-27,29-30,33-36,41,44,54H,4-6,9,12-14,21-23,28,31-32,37-40,42-43,45-53H2,1-3H3/b10-7-,11-8-,18-15-,19-16-,20-17-,26-24-,27-25-,30-29-,35-33-,36-34-,44-41-. The van der Waals surface area contributed by atoms with Gasteiger partial charge in [-0.2, -0.15) is 0 Å². The molecule has 0 N–H and O–H groups in total. The lowest BCUT2D eigenvalue weighted by Gasteiger charge is -2.18. The third-order valence-corrected chi connectivity index (χ3v) is 9.63. The summed E-state index contributed by atoms with van der Waals surface area (Å²) >= 11 is 0. The molecule has 0 saturated heterocycles. The van der Waals surface area contributed by atoms with E-state index < -0.39 is 6.10 Å². The Morgan fingerprint density at radius 1 is 0.333 bits per heavy atom. The minimum atomic E-state index is -0.833. The smallest absolute Gasteiger partial charge is 0.306 e. The van der Waals surface area contributed by atoms with Crippen molar-refractivity contribution in [3.8, 4) is 0 Å². The van der Waals surface area contributed by atoms with Crippen LogP contribution in [-0.2, 0) is 28.6 Å². The van der Waals surface area contributed by atoms with Crippen LogP contribution in [0, 0.1) is 0 Å². The van der Waals surface area contributed by atoms with E-state index >= 15 is 0 Å². The quantitative estimate of drug-likeness (QED) is 0.0263. The molecule has 0 aromatic rings. The first-order valence-electron chi connectivity index (χ1n) is 24.7. The van der Waals surface area contributed by atoms with E-state index in [-0.39, 0.29) is 44.0 Å². The molecule has 0 aromatic carbocycles. The zero-order chi connectivity index (χ0) is 45.8. The van der Waals surface area contributed by atoms with Gasteiger partial charge in [0, 0.05) is 19.3 Å². The minimum Gasteiger partial charge on any atom is -0.462 e. The summed E-state index contributed by atoms with van der Waals surface area (Å²) in [5.41, 5.74) is 0. The van der Waals surface area contributed by atoms with Crippen LogP contribution in [0.4, 0.5) is 0 Å². The second kappa shape index (κ2) is 50.2. The summed E-state index contributed by atoms with van der Waals surface area (Å²) < 4.78 is 16.6. The van der Waals surface area contributed by atoms with Crippen molar-refractivity contribution >= 4 is 17.9 Å². The van der Waals surface area contributed by atoms with Crippen LogP contribution in [0.25, 0.3) is 0 Å². The van der Waals surface area contributed by atoms with Gasteiger partial charge in [0.25, 0.3) is 0 Å². The lowest BCUT2D eigenvalue weighted by atomic mass is 10.1. The van der Waals surface area contributed by atoms with Gasteiger partial charge in [-0.1, -0.05) is 187 Å². The molecule has 0 fully saturated rings. The van der Waals surface area contributed by atoms with Gasteiger partial charge < -0.3 is 14.2 Å². The fraction of sp³-hybridized carbons (Fsp3) is 0.561. The lowest BCUT2D eigenvalue weighted by molar-refractivity contribution is -0.166. The molecule has 0 bridgehead atoms. The van der Waals surface area contributed by atoms with Gasteiger partial charge in [0.15, 0.2) is 6.10 Å². The van der Waals surface area contributed by atoms with Crippen LogP contribution in [0.2, 0.25) is 0 Å². The molecular weight excluding hydrogens is 781 g/mol. The zero-order valence-corrected chi connectivity index (χ0v) is 40.0. The summed E-state index contributed by atoms with van der Waals surface area (Å²) in [6.45, 7) is 6.23. The fourth-order valence-corrected chi connectivity index (χ4v) is 5.97. The van der Waals surface area contributed by atoms with E-state index in [0.717, 1.165) is 122 Å². The summed E-state index contributed by atoms with van der Waals surface area (Å²) in [6.07, 6.45) is 70.2. The lowest BCUT2D eigenvalue weighted by Crippen LogP contribution is -2.30. The first kappa shape index (κ1) is 58.6. The Hall–Kier alpha value is -4.45. The first-order valence-corrected chi connectivity index (χ1v) is 24.7. The maximum atomic E-state index is 12.8. The van der Waals surface area contributed by atoms with Crippen LogP contribution in [-0.4, -0.2) is 37.2 Å². The van der Waals surface area contributed by atoms with E-state index in [4.69, 9.17) is 14.2 Å². The Labute approximate surface area is 385 Å². The predicted octanol–water partition coefficient (Wildman–Crippen LogP) is 16.3. The average Bonchev–Trinajstić information content (AvgIpc) is 3.28. The third kappa shape index (κ3) is 48.4. The normalized spacial score (nSPS) is 13.3. The van der Waals surface area contributed by atoms with E-state index in [9.17, 15) is 14.4 Å². The van der Waals surface area contributed by atoms with E-state index in [0.29, 0.717) is 19.3 Å². The van der Waals surface area contributed by atoms with Crippen LogP contribution in [0.1, 0.15) is 188 Å². The number of ether oxygens (including phenoxy) is 3. The zero-order valence-electron chi connectivity index (χ0n) is 40.0. The van der Waals surface area contributed by atoms with Crippen LogP contribution >= 0.6 is 0 Å². The van der Waals surface area contributed by atoms with Gasteiger partial charge in [0.2, 0.25) is 0 Å². The van der Waals surface area contributed by atoms with Crippen molar-refractivity contribution in [3.63, 3.8) is 0 Å². The number of esters is 3. The Morgan fingerprint density at radius 3 is 1.08 bits per heavy atom. The molecule has 0 aliphatic carbocycles. The number of hydrogen-bond acceptors (Lipinski definition) is 6. The Morgan fingerprint density at radius 2 is 0.651 bits per heavy atom. The molecule has 6 heteroatoms. The molecule has 0 aliphatic rings. The van der Waals surface area contributed by atoms with Gasteiger partial charge in [0.05, 0.1) is 0 Å². The topological polar surface area (TPSA) is 78.9 Å². The average molecular weight is 869 g/mol. The second-order valence-electron chi connectivity index (χ2n) is 15.6. The summed E-state index contributed by atoms with van der Waals surface area (Å²) in [6, 6.07) is 0. The molecule has 6 nitrogen and oxygen atoms in total. The van der Waals surface area contributed by atoms with Crippen molar-refractivity contribution in [2.45, 2.75) is 194 Å². The fourth-order valence-electron chi connectivity index (χ4n) is 5.97. The summed E-state index contributed by atoms with van der Waals surface area (Å²) in [5.74, 6) is -1.07. The van der Waals surface area contributed by atoms with Crippen molar-refractivity contribution in [1.29, 1.82) is 0 Å². The monoisotopic (exact) mass is 869 g/mol. The molecular formula is C57H88O6. The number of hydrogen-bond donors (Lipinski definition) is 0. The number of unbranched alkanes of at least 4 members (excludes halogenated alkanes) is 9. The van der Waals surface area contributed by atoms with Crippen molar-refractivity contribution in [2.75, 3.05) is 13.2 Å². The van der Waals surface area contributed by atoms with E-state index in [2.05, 4.69) is 142 Å². The van der Waals surface area contributed by atoms with Gasteiger partial charge in [-0.3, -0.25) is 14.4 Å². The maximum absolute atomic E-state index is 12.8. The molecule has 0 aliphatic heterocycles. The van der Waals surface area contributed by atoms with Crippen LogP contribution in [0.15, 0.2) is 134 Å². The predicted molar refractivity (Wildman–Crippen MR) is 269 cm³/mol. The second-order valence-corrected chi connectivity index (χ2v) is 15.6. The third-order valence-electron chi connectivity index (χ3n) is 9.63. The van der Waals surface area contributed by atoms with Gasteiger partial charge in [-0.05, 0) is 116 Å². The van der Waals surface area contributed by atoms with Crippen LogP contribution < -0.4 is 0 Å². The van der Waals surface area contributed by atoms with Crippen molar-refractivity contribution in [1.82, 2.24) is 0 Å². The molecule has 63 heavy (non-hydrogen) atoms. The van der Waals surface area contributed by atoms with E-state index in [1.54, 1.807) is 0 Å². The molecule has 0 aromatic heterocycles. The first-order chi connectivity index (χ1) is 31.0. The molecule has 0 heterocycles. The summed E-state index contributed by atoms with van der Waals surface area (Å²) in [7, 11) is 0. The van der Waals surface area contributed by atoms with Gasteiger partial charge in [-0.15, -0.1) is 0 Å². The maximum Gasteiger partial charge on any atom is 0.306 e. The summed E-state index contributed by atoms with van der Waals surface area (Å²) in [4.78, 5) is 37.8. The Bertz CT molecular complexity index is 1420. The highest BCUT2D eigenvalue weighted by Crippen LogP contribution is 2.11. The van der Waals surface area contributed by atoms with Gasteiger partial charge >= 0.3 is 17.9 Å². The van der Waals surface area contributed by atoms with Gasteiger partial charge in [-0.25, -0.2) is 0 Å². The van der Waals surface area contributed by atoms with Crippen LogP contribution in [0.5, 0.6) is 0 Å². The molecule has 0 rings (SSSR count).